The summed E-state index contributed by atoms with van der Waals surface area (Å²) < 4.78 is 1.04. The van der Waals surface area contributed by atoms with E-state index in [0.717, 1.165) is 33.2 Å². The molecule has 2 nitrogen and oxygen atoms in total. The van der Waals surface area contributed by atoms with Crippen LogP contribution in [0.1, 0.15) is 17.7 Å². The van der Waals surface area contributed by atoms with Gasteiger partial charge in [0.05, 0.1) is 10.5 Å². The molecule has 1 aliphatic carbocycles. The van der Waals surface area contributed by atoms with Gasteiger partial charge < -0.3 is 5.32 Å². The quantitative estimate of drug-likeness (QED) is 0.854. The van der Waals surface area contributed by atoms with Crippen LogP contribution in [0.15, 0.2) is 16.6 Å². The summed E-state index contributed by atoms with van der Waals surface area (Å²) in [7, 11) is 1.96. The van der Waals surface area contributed by atoms with E-state index in [4.69, 9.17) is 16.6 Å². The molecule has 1 aromatic carbocycles. The summed E-state index contributed by atoms with van der Waals surface area (Å²) >= 11 is 9.84. The zero-order valence-electron chi connectivity index (χ0n) is 9.48. The summed E-state index contributed by atoms with van der Waals surface area (Å²) in [5.41, 5.74) is 4.62. The molecule has 3 rings (SSSR count). The van der Waals surface area contributed by atoms with E-state index in [9.17, 15) is 0 Å². The minimum absolute atomic E-state index is 0.717. The number of anilines is 1. The minimum atomic E-state index is 0.717. The summed E-state index contributed by atoms with van der Waals surface area (Å²) in [6, 6.07) is 3.87. The number of nitrogens with zero attached hydrogens (tertiary/aromatic N) is 1. The van der Waals surface area contributed by atoms with E-state index in [-0.39, 0.29) is 0 Å². The highest BCUT2D eigenvalue weighted by molar-refractivity contribution is 9.10. The standard InChI is InChI=1S/C13H12BrClN2/c1-16-12-7-3-2-4-10(7)17-13-9(15)6-5-8(14)11(12)13/h5-6H,2-4H2,1H3,(H,16,17). The fraction of sp³-hybridized carbons (Fsp3) is 0.308. The van der Waals surface area contributed by atoms with Gasteiger partial charge in [0.15, 0.2) is 0 Å². The number of benzene rings is 1. The van der Waals surface area contributed by atoms with Crippen molar-refractivity contribution < 1.29 is 0 Å². The van der Waals surface area contributed by atoms with Crippen LogP contribution in [0.25, 0.3) is 10.9 Å². The Morgan fingerprint density at radius 1 is 1.35 bits per heavy atom. The van der Waals surface area contributed by atoms with E-state index in [1.54, 1.807) is 0 Å². The normalized spacial score (nSPS) is 14.1. The third kappa shape index (κ3) is 1.64. The molecule has 17 heavy (non-hydrogen) atoms. The maximum Gasteiger partial charge on any atom is 0.0923 e. The number of aryl methyl sites for hydroxylation is 1. The zero-order chi connectivity index (χ0) is 12.0. The number of halogens is 2. The van der Waals surface area contributed by atoms with Crippen LogP contribution < -0.4 is 5.32 Å². The Labute approximate surface area is 114 Å². The van der Waals surface area contributed by atoms with Crippen molar-refractivity contribution in [2.75, 3.05) is 12.4 Å². The Kier molecular flexibility index (Phi) is 2.75. The second-order valence-electron chi connectivity index (χ2n) is 4.27. The van der Waals surface area contributed by atoms with Gasteiger partial charge in [0.25, 0.3) is 0 Å². The number of aromatic nitrogens is 1. The van der Waals surface area contributed by atoms with Gasteiger partial charge in [-0.1, -0.05) is 27.5 Å². The highest BCUT2D eigenvalue weighted by Crippen LogP contribution is 2.39. The van der Waals surface area contributed by atoms with Crippen LogP contribution in [0.3, 0.4) is 0 Å². The molecule has 1 aromatic heterocycles. The van der Waals surface area contributed by atoms with Crippen molar-refractivity contribution in [2.45, 2.75) is 19.3 Å². The van der Waals surface area contributed by atoms with Crippen LogP contribution in [0, 0.1) is 0 Å². The predicted octanol–water partition coefficient (Wildman–Crippen LogP) is 4.18. The zero-order valence-corrected chi connectivity index (χ0v) is 11.8. The van der Waals surface area contributed by atoms with Crippen molar-refractivity contribution in [1.82, 2.24) is 4.98 Å². The average molecular weight is 312 g/mol. The predicted molar refractivity (Wildman–Crippen MR) is 76.0 cm³/mol. The fourth-order valence-electron chi connectivity index (χ4n) is 2.57. The van der Waals surface area contributed by atoms with Crippen LogP contribution >= 0.6 is 27.5 Å². The third-order valence-corrected chi connectivity index (χ3v) is 4.28. The molecule has 0 amide bonds. The van der Waals surface area contributed by atoms with Crippen LogP contribution in [-0.4, -0.2) is 12.0 Å². The van der Waals surface area contributed by atoms with Gasteiger partial charge in [-0.05, 0) is 37.0 Å². The highest BCUT2D eigenvalue weighted by Gasteiger charge is 2.21. The Bertz CT molecular complexity index is 610. The van der Waals surface area contributed by atoms with E-state index in [2.05, 4.69) is 21.2 Å². The third-order valence-electron chi connectivity index (χ3n) is 3.32. The SMILES string of the molecule is CNc1c2c(nc3c(Cl)ccc(Br)c13)CCC2. The lowest BCUT2D eigenvalue weighted by Gasteiger charge is -2.13. The van der Waals surface area contributed by atoms with Crippen molar-refractivity contribution in [3.05, 3.63) is 32.9 Å². The summed E-state index contributed by atoms with van der Waals surface area (Å²) in [5.74, 6) is 0. The lowest BCUT2D eigenvalue weighted by molar-refractivity contribution is 0.901. The van der Waals surface area contributed by atoms with Gasteiger partial charge in [-0.2, -0.15) is 0 Å². The minimum Gasteiger partial charge on any atom is -0.387 e. The number of fused-ring (bicyclic) bond motifs is 2. The van der Waals surface area contributed by atoms with E-state index in [0.29, 0.717) is 0 Å². The Morgan fingerprint density at radius 2 is 2.18 bits per heavy atom. The van der Waals surface area contributed by atoms with Crippen molar-refractivity contribution in [1.29, 1.82) is 0 Å². The average Bonchev–Trinajstić information content (AvgIpc) is 2.79. The molecule has 0 atom stereocenters. The first-order valence-electron chi connectivity index (χ1n) is 5.69. The molecule has 2 aromatic rings. The number of rotatable bonds is 1. The Balaban J connectivity index is 2.49. The van der Waals surface area contributed by atoms with Gasteiger partial charge in [-0.3, -0.25) is 4.98 Å². The van der Waals surface area contributed by atoms with Crippen LogP contribution in [-0.2, 0) is 12.8 Å². The largest absolute Gasteiger partial charge is 0.387 e. The monoisotopic (exact) mass is 310 g/mol. The van der Waals surface area contributed by atoms with Gasteiger partial charge in [-0.25, -0.2) is 0 Å². The molecule has 1 N–H and O–H groups in total. The topological polar surface area (TPSA) is 24.9 Å². The Hall–Kier alpha value is -0.800. The van der Waals surface area contributed by atoms with Crippen molar-refractivity contribution in [3.63, 3.8) is 0 Å². The second-order valence-corrected chi connectivity index (χ2v) is 5.53. The van der Waals surface area contributed by atoms with Gasteiger partial charge in [0.2, 0.25) is 0 Å². The number of pyridine rings is 1. The molecule has 0 saturated heterocycles. The first-order chi connectivity index (χ1) is 8.22. The Morgan fingerprint density at radius 3 is 2.94 bits per heavy atom. The van der Waals surface area contributed by atoms with E-state index in [1.807, 2.05) is 19.2 Å². The summed E-state index contributed by atoms with van der Waals surface area (Å²) in [6.07, 6.45) is 3.35. The lowest BCUT2D eigenvalue weighted by Crippen LogP contribution is -2.00. The first kappa shape index (κ1) is 11.3. The van der Waals surface area contributed by atoms with E-state index < -0.39 is 0 Å². The molecular weight excluding hydrogens is 300 g/mol. The maximum absolute atomic E-state index is 6.25. The molecule has 0 radical (unpaired) electrons. The van der Waals surface area contributed by atoms with E-state index in [1.165, 1.54) is 23.4 Å². The molecule has 0 fully saturated rings. The van der Waals surface area contributed by atoms with Gasteiger partial charge in [-0.15, -0.1) is 0 Å². The van der Waals surface area contributed by atoms with Gasteiger partial charge in [0, 0.05) is 28.3 Å². The molecule has 88 valence electrons. The van der Waals surface area contributed by atoms with Crippen molar-refractivity contribution in [3.8, 4) is 0 Å². The molecule has 4 heteroatoms. The molecule has 0 unspecified atom stereocenters. The molecule has 0 bridgehead atoms. The second kappa shape index (κ2) is 4.14. The smallest absolute Gasteiger partial charge is 0.0923 e. The van der Waals surface area contributed by atoms with Crippen molar-refractivity contribution in [2.24, 2.45) is 0 Å². The number of nitrogens with one attached hydrogen (secondary N) is 1. The number of hydrogen-bond donors (Lipinski definition) is 1. The van der Waals surface area contributed by atoms with Gasteiger partial charge in [0.1, 0.15) is 0 Å². The number of hydrogen-bond acceptors (Lipinski definition) is 2. The van der Waals surface area contributed by atoms with Crippen LogP contribution in [0.5, 0.6) is 0 Å². The highest BCUT2D eigenvalue weighted by atomic mass is 79.9. The molecule has 1 aliphatic rings. The van der Waals surface area contributed by atoms with Gasteiger partial charge >= 0.3 is 0 Å². The molecule has 1 heterocycles. The lowest BCUT2D eigenvalue weighted by atomic mass is 10.1. The first-order valence-corrected chi connectivity index (χ1v) is 6.86. The molecule has 0 saturated carbocycles. The van der Waals surface area contributed by atoms with Crippen molar-refractivity contribution >= 4 is 44.1 Å². The molecule has 0 aliphatic heterocycles. The van der Waals surface area contributed by atoms with Crippen LogP contribution in [0.2, 0.25) is 5.02 Å². The maximum atomic E-state index is 6.25. The van der Waals surface area contributed by atoms with E-state index >= 15 is 0 Å². The van der Waals surface area contributed by atoms with Crippen LogP contribution in [0.4, 0.5) is 5.69 Å². The summed E-state index contributed by atoms with van der Waals surface area (Å²) in [5, 5.41) is 5.12. The summed E-state index contributed by atoms with van der Waals surface area (Å²) in [6.45, 7) is 0. The molecular formula is C13H12BrClN2. The molecule has 0 spiro atoms. The fourth-order valence-corrected chi connectivity index (χ4v) is 3.29. The summed E-state index contributed by atoms with van der Waals surface area (Å²) in [4.78, 5) is 4.72.